The number of carbonyl (C=O) groups is 2. The average molecular weight is 322 g/mol. The van der Waals surface area contributed by atoms with E-state index in [4.69, 9.17) is 4.74 Å². The van der Waals surface area contributed by atoms with Crippen molar-refractivity contribution < 1.29 is 14.3 Å². The summed E-state index contributed by atoms with van der Waals surface area (Å²) in [5.74, 6) is -0.0578. The predicted octanol–water partition coefficient (Wildman–Crippen LogP) is 0.552. The summed E-state index contributed by atoms with van der Waals surface area (Å²) >= 11 is 0. The molecule has 0 aliphatic carbocycles. The Kier molecular flexibility index (Phi) is 11.3. The molecule has 0 bridgehead atoms. The van der Waals surface area contributed by atoms with Gasteiger partial charge in [0.05, 0.1) is 19.1 Å². The van der Waals surface area contributed by atoms with Crippen LogP contribution in [0.3, 0.4) is 0 Å². The molecule has 1 aliphatic rings. The lowest BCUT2D eigenvalue weighted by atomic mass is 10.1. The molecule has 1 atom stereocenters. The molecule has 2 N–H and O–H groups in total. The van der Waals surface area contributed by atoms with Crippen LogP contribution in [-0.2, 0) is 14.3 Å². The number of hydrogen-bond donors (Lipinski definition) is 2. The van der Waals surface area contributed by atoms with Crippen LogP contribution in [0.2, 0.25) is 0 Å². The average Bonchev–Trinajstić information content (AvgIpc) is 2.43. The van der Waals surface area contributed by atoms with Crippen LogP contribution < -0.4 is 10.6 Å². The zero-order chi connectivity index (χ0) is 14.8. The summed E-state index contributed by atoms with van der Waals surface area (Å²) in [5, 5.41) is 5.96. The fraction of sp³-hybridized carbons (Fsp3) is 0.857. The summed E-state index contributed by atoms with van der Waals surface area (Å²) in [5.41, 5.74) is 0. The lowest BCUT2D eigenvalue weighted by Gasteiger charge is -2.32. The first kappa shape index (κ1) is 20.1. The Bertz CT molecular complexity index is 316. The smallest absolute Gasteiger partial charge is 0.240 e. The van der Waals surface area contributed by atoms with Gasteiger partial charge in [0.2, 0.25) is 11.8 Å². The van der Waals surface area contributed by atoms with E-state index >= 15 is 0 Å². The molecule has 0 spiro atoms. The maximum atomic E-state index is 12.2. The van der Waals surface area contributed by atoms with E-state index in [1.807, 2.05) is 6.92 Å². The summed E-state index contributed by atoms with van der Waals surface area (Å²) in [6, 6.07) is -0.396. The highest BCUT2D eigenvalue weighted by Gasteiger charge is 2.29. The molecule has 1 fully saturated rings. The zero-order valence-electron chi connectivity index (χ0n) is 13.0. The van der Waals surface area contributed by atoms with Crippen molar-refractivity contribution in [2.45, 2.75) is 39.2 Å². The van der Waals surface area contributed by atoms with Crippen molar-refractivity contribution in [1.29, 1.82) is 0 Å². The summed E-state index contributed by atoms with van der Waals surface area (Å²) in [7, 11) is 0. The number of hydrogen-bond acceptors (Lipinski definition) is 4. The van der Waals surface area contributed by atoms with Crippen molar-refractivity contribution in [3.05, 3.63) is 0 Å². The second kappa shape index (κ2) is 11.8. The normalized spacial score (nSPS) is 18.3. The third-order valence-corrected chi connectivity index (χ3v) is 3.33. The molecule has 7 heteroatoms. The largest absolute Gasteiger partial charge is 0.380 e. The quantitative estimate of drug-likeness (QED) is 0.609. The highest BCUT2D eigenvalue weighted by atomic mass is 35.5. The van der Waals surface area contributed by atoms with E-state index in [0.717, 1.165) is 19.4 Å². The number of nitrogens with zero attached hydrogens (tertiary/aromatic N) is 1. The molecule has 1 saturated heterocycles. The highest BCUT2D eigenvalue weighted by Crippen LogP contribution is 2.05. The standard InChI is InChI=1S/C14H27N3O3.ClH/c1-3-5-6-16-13(18)11-12-14(19)17(8-7-15-12)9-10-20-4-2;/h12,15H,3-11H2,1-2H3,(H,16,18);1H. The number of unbranched alkanes of at least 4 members (excludes halogenated alkanes) is 1. The van der Waals surface area contributed by atoms with E-state index in [1.54, 1.807) is 4.90 Å². The SMILES string of the molecule is CCCCNC(=O)CC1NCCN(CCOCC)C1=O.Cl. The maximum Gasteiger partial charge on any atom is 0.240 e. The van der Waals surface area contributed by atoms with Gasteiger partial charge in [-0.1, -0.05) is 13.3 Å². The van der Waals surface area contributed by atoms with Gasteiger partial charge in [-0.05, 0) is 13.3 Å². The second-order valence-electron chi connectivity index (χ2n) is 4.94. The lowest BCUT2D eigenvalue weighted by Crippen LogP contribution is -2.56. The Morgan fingerprint density at radius 3 is 2.90 bits per heavy atom. The molecule has 0 aromatic rings. The van der Waals surface area contributed by atoms with Crippen LogP contribution in [0, 0.1) is 0 Å². The number of carbonyl (C=O) groups excluding carboxylic acids is 2. The summed E-state index contributed by atoms with van der Waals surface area (Å²) in [4.78, 5) is 25.7. The van der Waals surface area contributed by atoms with Gasteiger partial charge in [-0.25, -0.2) is 0 Å². The van der Waals surface area contributed by atoms with Crippen molar-refractivity contribution in [3.63, 3.8) is 0 Å². The molecule has 1 heterocycles. The van der Waals surface area contributed by atoms with Gasteiger partial charge in [-0.15, -0.1) is 12.4 Å². The van der Waals surface area contributed by atoms with E-state index in [0.29, 0.717) is 32.8 Å². The Morgan fingerprint density at radius 2 is 2.24 bits per heavy atom. The van der Waals surface area contributed by atoms with Crippen molar-refractivity contribution in [2.75, 3.05) is 39.4 Å². The molecule has 21 heavy (non-hydrogen) atoms. The molecular weight excluding hydrogens is 294 g/mol. The zero-order valence-corrected chi connectivity index (χ0v) is 13.8. The molecular formula is C14H28ClN3O3. The number of halogens is 1. The molecule has 0 aromatic heterocycles. The topological polar surface area (TPSA) is 70.7 Å². The Morgan fingerprint density at radius 1 is 1.48 bits per heavy atom. The van der Waals surface area contributed by atoms with E-state index < -0.39 is 6.04 Å². The third kappa shape index (κ3) is 7.64. The van der Waals surface area contributed by atoms with Crippen LogP contribution in [0.4, 0.5) is 0 Å². The van der Waals surface area contributed by atoms with E-state index in [2.05, 4.69) is 17.6 Å². The molecule has 1 aliphatic heterocycles. The van der Waals surface area contributed by atoms with Crippen molar-refractivity contribution in [2.24, 2.45) is 0 Å². The van der Waals surface area contributed by atoms with Crippen molar-refractivity contribution in [3.8, 4) is 0 Å². The first-order valence-corrected chi connectivity index (χ1v) is 7.55. The molecule has 0 radical (unpaired) electrons. The van der Waals surface area contributed by atoms with E-state index in [9.17, 15) is 9.59 Å². The first-order valence-electron chi connectivity index (χ1n) is 7.55. The minimum atomic E-state index is -0.396. The first-order chi connectivity index (χ1) is 9.69. The number of nitrogens with one attached hydrogen (secondary N) is 2. The van der Waals surface area contributed by atoms with Gasteiger partial charge in [0, 0.05) is 32.8 Å². The second-order valence-corrected chi connectivity index (χ2v) is 4.94. The minimum Gasteiger partial charge on any atom is -0.380 e. The Labute approximate surface area is 133 Å². The third-order valence-electron chi connectivity index (χ3n) is 3.33. The van der Waals surface area contributed by atoms with Gasteiger partial charge < -0.3 is 20.3 Å². The van der Waals surface area contributed by atoms with Gasteiger partial charge in [-0.3, -0.25) is 9.59 Å². The Hall–Kier alpha value is -0.850. The number of amides is 2. The van der Waals surface area contributed by atoms with Gasteiger partial charge in [0.15, 0.2) is 0 Å². The van der Waals surface area contributed by atoms with Crippen LogP contribution in [0.15, 0.2) is 0 Å². The van der Waals surface area contributed by atoms with Crippen LogP contribution >= 0.6 is 12.4 Å². The maximum absolute atomic E-state index is 12.2. The fourth-order valence-corrected chi connectivity index (χ4v) is 2.15. The van der Waals surface area contributed by atoms with Crippen LogP contribution in [-0.4, -0.2) is 62.1 Å². The number of ether oxygens (including phenoxy) is 1. The minimum absolute atomic E-state index is 0. The van der Waals surface area contributed by atoms with Crippen LogP contribution in [0.5, 0.6) is 0 Å². The van der Waals surface area contributed by atoms with E-state index in [1.165, 1.54) is 0 Å². The van der Waals surface area contributed by atoms with Gasteiger partial charge >= 0.3 is 0 Å². The van der Waals surface area contributed by atoms with E-state index in [-0.39, 0.29) is 30.6 Å². The molecule has 0 saturated carbocycles. The highest BCUT2D eigenvalue weighted by molar-refractivity contribution is 5.88. The Balaban J connectivity index is 0.00000400. The van der Waals surface area contributed by atoms with Crippen molar-refractivity contribution >= 4 is 24.2 Å². The molecule has 2 amide bonds. The summed E-state index contributed by atoms with van der Waals surface area (Å²) in [6.45, 7) is 7.91. The van der Waals surface area contributed by atoms with Crippen molar-refractivity contribution in [1.82, 2.24) is 15.5 Å². The van der Waals surface area contributed by atoms with Crippen LogP contribution in [0.1, 0.15) is 33.1 Å². The molecule has 0 aromatic carbocycles. The number of piperazine rings is 1. The van der Waals surface area contributed by atoms with Gasteiger partial charge in [-0.2, -0.15) is 0 Å². The lowest BCUT2D eigenvalue weighted by molar-refractivity contribution is -0.138. The van der Waals surface area contributed by atoms with Crippen LogP contribution in [0.25, 0.3) is 0 Å². The summed E-state index contributed by atoms with van der Waals surface area (Å²) < 4.78 is 5.27. The molecule has 124 valence electrons. The van der Waals surface area contributed by atoms with Gasteiger partial charge in [0.1, 0.15) is 0 Å². The molecule has 1 unspecified atom stereocenters. The van der Waals surface area contributed by atoms with Gasteiger partial charge in [0.25, 0.3) is 0 Å². The number of rotatable bonds is 9. The molecule has 6 nitrogen and oxygen atoms in total. The summed E-state index contributed by atoms with van der Waals surface area (Å²) in [6.07, 6.45) is 2.23. The monoisotopic (exact) mass is 321 g/mol. The predicted molar refractivity (Wildman–Crippen MR) is 84.6 cm³/mol. The fourth-order valence-electron chi connectivity index (χ4n) is 2.15. The molecule has 1 rings (SSSR count).